The Labute approximate surface area is 155 Å². The van der Waals surface area contributed by atoms with Crippen LogP contribution in [0.25, 0.3) is 0 Å². The quantitative estimate of drug-likeness (QED) is 0.427. The zero-order valence-corrected chi connectivity index (χ0v) is 16.9. The Balaban J connectivity index is 1.25. The molecule has 4 aliphatic carbocycles. The fraction of sp³-hybridized carbons (Fsp3) is 0.826. The summed E-state index contributed by atoms with van der Waals surface area (Å²) in [6.45, 7) is 11.1. The minimum Gasteiger partial charge on any atom is -0.315 e. The minimum atomic E-state index is 0.677. The SMILES string of the molecule is CC(C)=CCC/C(C)=C/CNCCNCC12CC3CC(CC(C3)C1)C2. The van der Waals surface area contributed by atoms with Gasteiger partial charge in [0, 0.05) is 26.2 Å². The highest BCUT2D eigenvalue weighted by Crippen LogP contribution is 2.59. The number of nitrogens with one attached hydrogen (secondary N) is 2. The van der Waals surface area contributed by atoms with Gasteiger partial charge in [-0.2, -0.15) is 0 Å². The molecule has 4 saturated carbocycles. The fourth-order valence-corrected chi connectivity index (χ4v) is 6.08. The average molecular weight is 345 g/mol. The fourth-order valence-electron chi connectivity index (χ4n) is 6.08. The van der Waals surface area contributed by atoms with Crippen LogP contribution in [0.15, 0.2) is 23.3 Å². The molecule has 4 fully saturated rings. The Bertz CT molecular complexity index is 449. The van der Waals surface area contributed by atoms with Crippen molar-refractivity contribution in [1.29, 1.82) is 0 Å². The molecule has 0 aromatic heterocycles. The van der Waals surface area contributed by atoms with Crippen LogP contribution in [0.5, 0.6) is 0 Å². The topological polar surface area (TPSA) is 24.1 Å². The molecule has 2 N–H and O–H groups in total. The van der Waals surface area contributed by atoms with Crippen molar-refractivity contribution in [2.45, 2.75) is 72.1 Å². The minimum absolute atomic E-state index is 0.677. The molecule has 4 rings (SSSR count). The number of hydrogen-bond acceptors (Lipinski definition) is 2. The maximum atomic E-state index is 3.79. The number of allylic oxidation sites excluding steroid dienone is 3. The van der Waals surface area contributed by atoms with Gasteiger partial charge in [-0.15, -0.1) is 0 Å². The van der Waals surface area contributed by atoms with Crippen molar-refractivity contribution in [3.8, 4) is 0 Å². The zero-order valence-electron chi connectivity index (χ0n) is 16.9. The summed E-state index contributed by atoms with van der Waals surface area (Å²) in [4.78, 5) is 0. The standard InChI is InChI=1S/C23H40N2/c1-18(2)5-4-6-19(3)7-8-24-9-10-25-17-23-14-20-11-21(15-23)13-22(12-20)16-23/h5,7,20-22,24-25H,4,6,8-17H2,1-3H3/b19-7+. The van der Waals surface area contributed by atoms with E-state index in [0.717, 1.165) is 37.4 Å². The summed E-state index contributed by atoms with van der Waals surface area (Å²) in [6.07, 6.45) is 16.3. The molecule has 0 atom stereocenters. The molecule has 2 nitrogen and oxygen atoms in total. The van der Waals surface area contributed by atoms with E-state index in [4.69, 9.17) is 0 Å². The van der Waals surface area contributed by atoms with Gasteiger partial charge in [-0.05, 0) is 95.3 Å². The maximum Gasteiger partial charge on any atom is 0.0137 e. The molecule has 142 valence electrons. The molecule has 0 heterocycles. The van der Waals surface area contributed by atoms with Crippen LogP contribution >= 0.6 is 0 Å². The Morgan fingerprint density at radius 2 is 1.48 bits per heavy atom. The van der Waals surface area contributed by atoms with Crippen LogP contribution in [0.3, 0.4) is 0 Å². The van der Waals surface area contributed by atoms with Gasteiger partial charge in [0.25, 0.3) is 0 Å². The lowest BCUT2D eigenvalue weighted by Crippen LogP contribution is -2.50. The highest BCUT2D eigenvalue weighted by atomic mass is 14.9. The van der Waals surface area contributed by atoms with Crippen molar-refractivity contribution in [3.63, 3.8) is 0 Å². The van der Waals surface area contributed by atoms with E-state index in [0.29, 0.717) is 5.41 Å². The zero-order chi connectivity index (χ0) is 17.7. The molecule has 0 radical (unpaired) electrons. The van der Waals surface area contributed by atoms with Crippen molar-refractivity contribution in [3.05, 3.63) is 23.3 Å². The van der Waals surface area contributed by atoms with E-state index in [1.54, 1.807) is 19.3 Å². The Kier molecular flexibility index (Phi) is 6.79. The maximum absolute atomic E-state index is 3.79. The molecule has 4 aliphatic rings. The molecular formula is C23H40N2. The Morgan fingerprint density at radius 1 is 0.880 bits per heavy atom. The molecule has 0 aromatic rings. The van der Waals surface area contributed by atoms with Crippen LogP contribution in [-0.4, -0.2) is 26.2 Å². The van der Waals surface area contributed by atoms with Crippen molar-refractivity contribution in [1.82, 2.24) is 10.6 Å². The third-order valence-corrected chi connectivity index (χ3v) is 6.83. The van der Waals surface area contributed by atoms with Crippen LogP contribution in [0.4, 0.5) is 0 Å². The molecule has 25 heavy (non-hydrogen) atoms. The molecule has 2 heteroatoms. The van der Waals surface area contributed by atoms with E-state index >= 15 is 0 Å². The Hall–Kier alpha value is -0.600. The largest absolute Gasteiger partial charge is 0.315 e. The van der Waals surface area contributed by atoms with E-state index in [1.165, 1.54) is 49.8 Å². The third-order valence-electron chi connectivity index (χ3n) is 6.83. The van der Waals surface area contributed by atoms with Gasteiger partial charge in [0.05, 0.1) is 0 Å². The molecule has 0 aliphatic heterocycles. The molecule has 0 unspecified atom stereocenters. The van der Waals surface area contributed by atoms with Crippen LogP contribution in [-0.2, 0) is 0 Å². The molecular weight excluding hydrogens is 304 g/mol. The highest BCUT2D eigenvalue weighted by Gasteiger charge is 2.50. The average Bonchev–Trinajstić information content (AvgIpc) is 2.52. The monoisotopic (exact) mass is 344 g/mol. The van der Waals surface area contributed by atoms with Gasteiger partial charge in [0.2, 0.25) is 0 Å². The van der Waals surface area contributed by atoms with E-state index in [9.17, 15) is 0 Å². The molecule has 0 amide bonds. The third kappa shape index (κ3) is 5.69. The van der Waals surface area contributed by atoms with Gasteiger partial charge >= 0.3 is 0 Å². The number of hydrogen-bond donors (Lipinski definition) is 2. The molecule has 0 saturated heterocycles. The first-order valence-electron chi connectivity index (χ1n) is 10.8. The Morgan fingerprint density at radius 3 is 2.08 bits per heavy atom. The van der Waals surface area contributed by atoms with Crippen molar-refractivity contribution < 1.29 is 0 Å². The van der Waals surface area contributed by atoms with E-state index in [2.05, 4.69) is 43.6 Å². The van der Waals surface area contributed by atoms with Crippen LogP contribution in [0.1, 0.15) is 72.1 Å². The second-order valence-corrected chi connectivity index (χ2v) is 9.67. The van der Waals surface area contributed by atoms with E-state index < -0.39 is 0 Å². The lowest BCUT2D eigenvalue weighted by Gasteiger charge is -2.57. The van der Waals surface area contributed by atoms with Gasteiger partial charge in [-0.1, -0.05) is 23.3 Å². The van der Waals surface area contributed by atoms with Gasteiger partial charge in [0.1, 0.15) is 0 Å². The molecule has 4 bridgehead atoms. The first-order valence-corrected chi connectivity index (χ1v) is 10.8. The van der Waals surface area contributed by atoms with Crippen molar-refractivity contribution in [2.75, 3.05) is 26.2 Å². The lowest BCUT2D eigenvalue weighted by molar-refractivity contribution is -0.0511. The van der Waals surface area contributed by atoms with Crippen molar-refractivity contribution >= 4 is 0 Å². The smallest absolute Gasteiger partial charge is 0.0137 e. The summed E-state index contributed by atoms with van der Waals surface area (Å²) in [5.41, 5.74) is 3.61. The van der Waals surface area contributed by atoms with Gasteiger partial charge < -0.3 is 10.6 Å². The van der Waals surface area contributed by atoms with Crippen LogP contribution in [0.2, 0.25) is 0 Å². The summed E-state index contributed by atoms with van der Waals surface area (Å²) < 4.78 is 0. The normalized spacial score (nSPS) is 33.7. The molecule has 0 aromatic carbocycles. The highest BCUT2D eigenvalue weighted by molar-refractivity contribution is 5.03. The van der Waals surface area contributed by atoms with Crippen LogP contribution < -0.4 is 10.6 Å². The predicted molar refractivity (Wildman–Crippen MR) is 109 cm³/mol. The van der Waals surface area contributed by atoms with Gasteiger partial charge in [-0.3, -0.25) is 0 Å². The van der Waals surface area contributed by atoms with E-state index in [-0.39, 0.29) is 0 Å². The predicted octanol–water partition coefficient (Wildman–Crippen LogP) is 5.07. The van der Waals surface area contributed by atoms with Gasteiger partial charge in [0.15, 0.2) is 0 Å². The number of rotatable bonds is 10. The lowest BCUT2D eigenvalue weighted by atomic mass is 9.49. The van der Waals surface area contributed by atoms with Crippen LogP contribution in [0, 0.1) is 23.2 Å². The van der Waals surface area contributed by atoms with Gasteiger partial charge in [-0.25, -0.2) is 0 Å². The first kappa shape index (κ1) is 19.2. The van der Waals surface area contributed by atoms with E-state index in [1.807, 2.05) is 0 Å². The molecule has 0 spiro atoms. The second kappa shape index (κ2) is 8.86. The summed E-state index contributed by atoms with van der Waals surface area (Å²) in [5.74, 6) is 3.22. The first-order chi connectivity index (χ1) is 12.0. The van der Waals surface area contributed by atoms with Crippen molar-refractivity contribution in [2.24, 2.45) is 23.2 Å². The summed E-state index contributed by atoms with van der Waals surface area (Å²) in [5, 5.41) is 7.36. The summed E-state index contributed by atoms with van der Waals surface area (Å²) in [7, 11) is 0. The summed E-state index contributed by atoms with van der Waals surface area (Å²) in [6, 6.07) is 0. The second-order valence-electron chi connectivity index (χ2n) is 9.67. The summed E-state index contributed by atoms with van der Waals surface area (Å²) >= 11 is 0.